The number of amides is 1. The van der Waals surface area contributed by atoms with E-state index in [1.807, 2.05) is 6.92 Å². The molecule has 2 N–H and O–H groups in total. The Kier molecular flexibility index (Phi) is 4.94. The standard InChI is InChI=1S/C11H21NO2/c1-2-8-14-10(11(12)13)9-6-4-3-5-7-9/h9-10H,2-8H2,1H3,(H2,12,13). The largest absolute Gasteiger partial charge is 0.368 e. The fourth-order valence-corrected chi connectivity index (χ4v) is 2.13. The van der Waals surface area contributed by atoms with E-state index in [0.717, 1.165) is 19.3 Å². The first-order valence-corrected chi connectivity index (χ1v) is 5.66. The zero-order valence-corrected chi connectivity index (χ0v) is 9.00. The molecule has 1 amide bonds. The van der Waals surface area contributed by atoms with E-state index in [1.165, 1.54) is 19.3 Å². The summed E-state index contributed by atoms with van der Waals surface area (Å²) in [7, 11) is 0. The second-order valence-corrected chi connectivity index (χ2v) is 4.09. The Morgan fingerprint density at radius 1 is 1.43 bits per heavy atom. The van der Waals surface area contributed by atoms with Crippen LogP contribution < -0.4 is 5.73 Å². The highest BCUT2D eigenvalue weighted by Crippen LogP contribution is 2.27. The lowest BCUT2D eigenvalue weighted by Crippen LogP contribution is -2.38. The summed E-state index contributed by atoms with van der Waals surface area (Å²) >= 11 is 0. The van der Waals surface area contributed by atoms with Gasteiger partial charge in [0, 0.05) is 6.61 Å². The average molecular weight is 199 g/mol. The maximum Gasteiger partial charge on any atom is 0.246 e. The second kappa shape index (κ2) is 6.02. The molecule has 1 atom stereocenters. The predicted molar refractivity (Wildman–Crippen MR) is 55.8 cm³/mol. The van der Waals surface area contributed by atoms with Crippen LogP contribution in [0, 0.1) is 5.92 Å². The van der Waals surface area contributed by atoms with Gasteiger partial charge in [-0.2, -0.15) is 0 Å². The van der Waals surface area contributed by atoms with Crippen molar-refractivity contribution in [2.75, 3.05) is 6.61 Å². The third-order valence-electron chi connectivity index (χ3n) is 2.86. The maximum absolute atomic E-state index is 11.2. The fraction of sp³-hybridized carbons (Fsp3) is 0.909. The van der Waals surface area contributed by atoms with E-state index in [4.69, 9.17) is 10.5 Å². The van der Waals surface area contributed by atoms with Gasteiger partial charge in [0.25, 0.3) is 0 Å². The predicted octanol–water partition coefficient (Wildman–Crippen LogP) is 1.85. The molecule has 1 saturated carbocycles. The molecule has 0 radical (unpaired) electrons. The summed E-state index contributed by atoms with van der Waals surface area (Å²) in [5.41, 5.74) is 5.34. The molecule has 1 unspecified atom stereocenters. The number of ether oxygens (including phenoxy) is 1. The molecule has 0 heterocycles. The van der Waals surface area contributed by atoms with Crippen LogP contribution in [0.2, 0.25) is 0 Å². The van der Waals surface area contributed by atoms with Crippen molar-refractivity contribution in [1.82, 2.24) is 0 Å². The Hall–Kier alpha value is -0.570. The topological polar surface area (TPSA) is 52.3 Å². The van der Waals surface area contributed by atoms with Crippen molar-refractivity contribution in [3.63, 3.8) is 0 Å². The monoisotopic (exact) mass is 199 g/mol. The lowest BCUT2D eigenvalue weighted by Gasteiger charge is -2.27. The van der Waals surface area contributed by atoms with Gasteiger partial charge in [-0.15, -0.1) is 0 Å². The van der Waals surface area contributed by atoms with Crippen molar-refractivity contribution in [2.45, 2.75) is 51.6 Å². The minimum Gasteiger partial charge on any atom is -0.368 e. The van der Waals surface area contributed by atoms with Crippen LogP contribution in [0.3, 0.4) is 0 Å². The first-order valence-electron chi connectivity index (χ1n) is 5.66. The molecule has 0 bridgehead atoms. The quantitative estimate of drug-likeness (QED) is 0.734. The number of carbonyl (C=O) groups is 1. The highest BCUT2D eigenvalue weighted by molar-refractivity contribution is 5.79. The fourth-order valence-electron chi connectivity index (χ4n) is 2.13. The van der Waals surface area contributed by atoms with Gasteiger partial charge < -0.3 is 10.5 Å². The first-order chi connectivity index (χ1) is 6.75. The molecule has 0 spiro atoms. The van der Waals surface area contributed by atoms with E-state index >= 15 is 0 Å². The van der Waals surface area contributed by atoms with Crippen LogP contribution >= 0.6 is 0 Å². The van der Waals surface area contributed by atoms with Crippen molar-refractivity contribution in [1.29, 1.82) is 0 Å². The highest BCUT2D eigenvalue weighted by Gasteiger charge is 2.28. The van der Waals surface area contributed by atoms with Gasteiger partial charge >= 0.3 is 0 Å². The number of hydrogen-bond acceptors (Lipinski definition) is 2. The van der Waals surface area contributed by atoms with Crippen molar-refractivity contribution >= 4 is 5.91 Å². The molecule has 0 aromatic heterocycles. The highest BCUT2D eigenvalue weighted by atomic mass is 16.5. The molecular formula is C11H21NO2. The zero-order chi connectivity index (χ0) is 10.4. The molecule has 1 rings (SSSR count). The molecule has 0 aromatic carbocycles. The summed E-state index contributed by atoms with van der Waals surface area (Å²) < 4.78 is 5.52. The first kappa shape index (κ1) is 11.5. The Morgan fingerprint density at radius 2 is 2.07 bits per heavy atom. The van der Waals surface area contributed by atoms with E-state index in [0.29, 0.717) is 12.5 Å². The molecule has 0 saturated heterocycles. The van der Waals surface area contributed by atoms with Crippen LogP contribution in [0.15, 0.2) is 0 Å². The number of primary amides is 1. The van der Waals surface area contributed by atoms with Crippen LogP contribution in [-0.2, 0) is 9.53 Å². The number of carbonyl (C=O) groups excluding carboxylic acids is 1. The maximum atomic E-state index is 11.2. The van der Waals surface area contributed by atoms with Gasteiger partial charge in [0.2, 0.25) is 5.91 Å². The Balaban J connectivity index is 2.43. The number of hydrogen-bond donors (Lipinski definition) is 1. The Morgan fingerprint density at radius 3 is 2.57 bits per heavy atom. The molecular weight excluding hydrogens is 178 g/mol. The number of nitrogens with two attached hydrogens (primary N) is 1. The van der Waals surface area contributed by atoms with Crippen LogP contribution in [0.25, 0.3) is 0 Å². The van der Waals surface area contributed by atoms with E-state index in [2.05, 4.69) is 0 Å². The lowest BCUT2D eigenvalue weighted by molar-refractivity contribution is -0.134. The summed E-state index contributed by atoms with van der Waals surface area (Å²) in [5, 5.41) is 0. The SMILES string of the molecule is CCCOC(C(N)=O)C1CCCCC1. The van der Waals surface area contributed by atoms with E-state index in [-0.39, 0.29) is 12.0 Å². The Bertz CT molecular complexity index is 176. The minimum atomic E-state index is -0.338. The van der Waals surface area contributed by atoms with Crippen molar-refractivity contribution < 1.29 is 9.53 Å². The second-order valence-electron chi connectivity index (χ2n) is 4.09. The summed E-state index contributed by atoms with van der Waals surface area (Å²) in [6.07, 6.45) is 6.50. The van der Waals surface area contributed by atoms with Crippen LogP contribution in [-0.4, -0.2) is 18.6 Å². The smallest absolute Gasteiger partial charge is 0.246 e. The van der Waals surface area contributed by atoms with Crippen LogP contribution in [0.1, 0.15) is 45.4 Å². The summed E-state index contributed by atoms with van der Waals surface area (Å²) in [6.45, 7) is 2.68. The van der Waals surface area contributed by atoms with Gasteiger partial charge in [0.05, 0.1) is 0 Å². The molecule has 0 aromatic rings. The molecule has 1 aliphatic carbocycles. The minimum absolute atomic E-state index is 0.287. The number of rotatable bonds is 5. The summed E-state index contributed by atoms with van der Waals surface area (Å²) in [4.78, 5) is 11.2. The lowest BCUT2D eigenvalue weighted by atomic mass is 9.85. The summed E-state index contributed by atoms with van der Waals surface area (Å²) in [5.74, 6) is 0.0816. The van der Waals surface area contributed by atoms with Gasteiger partial charge in [-0.3, -0.25) is 4.79 Å². The molecule has 82 valence electrons. The van der Waals surface area contributed by atoms with Gasteiger partial charge in [0.1, 0.15) is 6.10 Å². The molecule has 3 heteroatoms. The Labute approximate surface area is 86.0 Å². The molecule has 1 fully saturated rings. The molecule has 14 heavy (non-hydrogen) atoms. The third-order valence-corrected chi connectivity index (χ3v) is 2.86. The van der Waals surface area contributed by atoms with Crippen molar-refractivity contribution in [2.24, 2.45) is 11.7 Å². The van der Waals surface area contributed by atoms with Crippen molar-refractivity contribution in [3.05, 3.63) is 0 Å². The molecule has 3 nitrogen and oxygen atoms in total. The zero-order valence-electron chi connectivity index (χ0n) is 9.00. The van der Waals surface area contributed by atoms with Gasteiger partial charge in [0.15, 0.2) is 0 Å². The van der Waals surface area contributed by atoms with Gasteiger partial charge in [-0.1, -0.05) is 26.2 Å². The van der Waals surface area contributed by atoms with E-state index in [1.54, 1.807) is 0 Å². The van der Waals surface area contributed by atoms with Crippen LogP contribution in [0.4, 0.5) is 0 Å². The third kappa shape index (κ3) is 3.29. The van der Waals surface area contributed by atoms with Crippen molar-refractivity contribution in [3.8, 4) is 0 Å². The van der Waals surface area contributed by atoms with E-state index < -0.39 is 0 Å². The molecule has 1 aliphatic rings. The van der Waals surface area contributed by atoms with E-state index in [9.17, 15) is 4.79 Å². The molecule has 0 aliphatic heterocycles. The summed E-state index contributed by atoms with van der Waals surface area (Å²) in [6, 6.07) is 0. The van der Waals surface area contributed by atoms with Gasteiger partial charge in [-0.25, -0.2) is 0 Å². The normalized spacial score (nSPS) is 20.6. The average Bonchev–Trinajstić information content (AvgIpc) is 2.19. The van der Waals surface area contributed by atoms with Crippen LogP contribution in [0.5, 0.6) is 0 Å². The van der Waals surface area contributed by atoms with Gasteiger partial charge in [-0.05, 0) is 25.2 Å².